The van der Waals surface area contributed by atoms with Crippen LogP contribution in [-0.4, -0.2) is 53.5 Å². The van der Waals surface area contributed by atoms with Crippen molar-refractivity contribution in [2.45, 2.75) is 56.2 Å². The monoisotopic (exact) mass is 500 g/mol. The van der Waals surface area contributed by atoms with Crippen LogP contribution in [0.15, 0.2) is 60.7 Å². The molecule has 4 rings (SSSR count). The molecule has 9 nitrogen and oxygen atoms in total. The molecule has 1 N–H and O–H groups in total. The Morgan fingerprint density at radius 3 is 2.03 bits per heavy atom. The summed E-state index contributed by atoms with van der Waals surface area (Å²) in [6.45, 7) is 4.40. The fraction of sp³-hybridized carbons (Fsp3) is 0.400. The minimum Gasteiger partial charge on any atom is -0.459 e. The van der Waals surface area contributed by atoms with E-state index >= 15 is 0 Å². The average Bonchev–Trinajstić information content (AvgIpc) is 2.97. The Balaban J connectivity index is 1.44. The van der Waals surface area contributed by atoms with Crippen LogP contribution < -0.4 is 5.32 Å². The molecular formula is C25H28N2O7S. The van der Waals surface area contributed by atoms with Crippen LogP contribution in [0.2, 0.25) is 0 Å². The van der Waals surface area contributed by atoms with E-state index in [4.69, 9.17) is 9.47 Å². The SMILES string of the molecule is C[C@H](NC(=O)OCc1ccccc1)[C@H]1C(=O)N2[C@@H](C(=O)OCc3ccccc3)C(C)(C)S(=O)(=O)[C@H]12. The molecule has 10 heteroatoms. The Bertz CT molecular complexity index is 1210. The number of hydrogen-bond donors (Lipinski definition) is 1. The van der Waals surface area contributed by atoms with Gasteiger partial charge in [-0.05, 0) is 31.9 Å². The maximum Gasteiger partial charge on any atom is 0.407 e. The standard InChI is InChI=1S/C25H28N2O7S/c1-16(26-24(30)34-15-18-12-8-5-9-13-18)19-21(28)27-20(25(2,3)35(31,32)22(19)27)23(29)33-14-17-10-6-4-7-11-17/h4-13,16,19-20,22H,14-15H2,1-3H3,(H,26,30)/t16-,19-,20-,22+/m0/s1. The van der Waals surface area contributed by atoms with Crippen molar-refractivity contribution < 1.29 is 32.3 Å². The second kappa shape index (κ2) is 9.33. The van der Waals surface area contributed by atoms with Gasteiger partial charge in [-0.1, -0.05) is 60.7 Å². The van der Waals surface area contributed by atoms with Gasteiger partial charge < -0.3 is 19.7 Å². The fourth-order valence-corrected chi connectivity index (χ4v) is 7.04. The zero-order valence-corrected chi connectivity index (χ0v) is 20.5. The van der Waals surface area contributed by atoms with Crippen molar-refractivity contribution in [1.82, 2.24) is 10.2 Å². The third-order valence-electron chi connectivity index (χ3n) is 6.65. The molecule has 0 aromatic heterocycles. The van der Waals surface area contributed by atoms with Crippen LogP contribution in [0.3, 0.4) is 0 Å². The highest BCUT2D eigenvalue weighted by molar-refractivity contribution is 7.93. The molecule has 0 radical (unpaired) electrons. The second-order valence-corrected chi connectivity index (χ2v) is 11.9. The molecule has 2 amide bonds. The van der Waals surface area contributed by atoms with Crippen LogP contribution in [0.25, 0.3) is 0 Å². The van der Waals surface area contributed by atoms with Crippen molar-refractivity contribution in [1.29, 1.82) is 0 Å². The highest BCUT2D eigenvalue weighted by Crippen LogP contribution is 2.49. The molecule has 2 heterocycles. The Labute approximate surface area is 204 Å². The minimum atomic E-state index is -3.95. The molecule has 0 bridgehead atoms. The van der Waals surface area contributed by atoms with E-state index in [1.165, 1.54) is 13.8 Å². The van der Waals surface area contributed by atoms with E-state index in [9.17, 15) is 22.8 Å². The van der Waals surface area contributed by atoms with Gasteiger partial charge in [-0.3, -0.25) is 4.79 Å². The van der Waals surface area contributed by atoms with Crippen molar-refractivity contribution in [2.75, 3.05) is 0 Å². The maximum atomic E-state index is 13.4. The van der Waals surface area contributed by atoms with Gasteiger partial charge in [-0.25, -0.2) is 18.0 Å². The van der Waals surface area contributed by atoms with Crippen LogP contribution in [0.1, 0.15) is 31.9 Å². The van der Waals surface area contributed by atoms with E-state index in [0.717, 1.165) is 16.0 Å². The lowest BCUT2D eigenvalue weighted by molar-refractivity contribution is -0.168. The number of sulfone groups is 1. The highest BCUT2D eigenvalue weighted by atomic mass is 32.2. The first kappa shape index (κ1) is 24.7. The predicted molar refractivity (Wildman–Crippen MR) is 126 cm³/mol. The first-order chi connectivity index (χ1) is 16.6. The fourth-order valence-electron chi connectivity index (χ4n) is 4.64. The van der Waals surface area contributed by atoms with Crippen LogP contribution >= 0.6 is 0 Å². The zero-order valence-electron chi connectivity index (χ0n) is 19.7. The lowest BCUT2D eigenvalue weighted by Gasteiger charge is -2.45. The number of esters is 1. The molecule has 2 fully saturated rings. The Morgan fingerprint density at radius 2 is 1.49 bits per heavy atom. The number of amides is 2. The summed E-state index contributed by atoms with van der Waals surface area (Å²) in [4.78, 5) is 39.4. The van der Waals surface area contributed by atoms with E-state index in [1.54, 1.807) is 43.3 Å². The molecule has 2 aromatic carbocycles. The van der Waals surface area contributed by atoms with Crippen molar-refractivity contribution in [3.63, 3.8) is 0 Å². The summed E-state index contributed by atoms with van der Waals surface area (Å²) < 4.78 is 35.8. The zero-order chi connectivity index (χ0) is 25.4. The number of carbonyl (C=O) groups is 3. The summed E-state index contributed by atoms with van der Waals surface area (Å²) in [5, 5.41) is 1.33. The molecule has 4 atom stereocenters. The van der Waals surface area contributed by atoms with Gasteiger partial charge in [0.15, 0.2) is 9.84 Å². The quantitative estimate of drug-likeness (QED) is 0.458. The topological polar surface area (TPSA) is 119 Å². The van der Waals surface area contributed by atoms with E-state index < -0.39 is 55.9 Å². The van der Waals surface area contributed by atoms with Gasteiger partial charge >= 0.3 is 12.1 Å². The lowest BCUT2D eigenvalue weighted by atomic mass is 9.87. The summed E-state index contributed by atoms with van der Waals surface area (Å²) in [6, 6.07) is 16.0. The summed E-state index contributed by atoms with van der Waals surface area (Å²) >= 11 is 0. The van der Waals surface area contributed by atoms with Gasteiger partial charge in [0.05, 0.1) is 10.7 Å². The van der Waals surface area contributed by atoms with Gasteiger partial charge in [-0.15, -0.1) is 0 Å². The number of nitrogens with one attached hydrogen (secondary N) is 1. The number of benzene rings is 2. The largest absolute Gasteiger partial charge is 0.459 e. The first-order valence-corrected chi connectivity index (χ1v) is 12.8. The number of hydrogen-bond acceptors (Lipinski definition) is 7. The van der Waals surface area contributed by atoms with Crippen LogP contribution in [0.5, 0.6) is 0 Å². The summed E-state index contributed by atoms with van der Waals surface area (Å²) in [5.41, 5.74) is 1.54. The minimum absolute atomic E-state index is 0.0341. The Morgan fingerprint density at radius 1 is 0.971 bits per heavy atom. The van der Waals surface area contributed by atoms with Gasteiger partial charge in [0.25, 0.3) is 0 Å². The van der Waals surface area contributed by atoms with E-state index in [2.05, 4.69) is 5.32 Å². The lowest BCUT2D eigenvalue weighted by Crippen LogP contribution is -2.68. The predicted octanol–water partition coefficient (Wildman–Crippen LogP) is 2.40. The maximum absolute atomic E-state index is 13.4. The molecular weight excluding hydrogens is 472 g/mol. The number of ether oxygens (including phenoxy) is 2. The van der Waals surface area contributed by atoms with Gasteiger partial charge in [-0.2, -0.15) is 0 Å². The number of carbonyl (C=O) groups excluding carboxylic acids is 3. The van der Waals surface area contributed by atoms with Gasteiger partial charge in [0.1, 0.15) is 24.6 Å². The number of rotatable bonds is 7. The van der Waals surface area contributed by atoms with Gasteiger partial charge in [0, 0.05) is 6.04 Å². The number of β-lactam (4-membered cyclic amide) rings is 1. The van der Waals surface area contributed by atoms with Gasteiger partial charge in [0.2, 0.25) is 5.91 Å². The smallest absolute Gasteiger partial charge is 0.407 e. The number of nitrogens with zero attached hydrogens (tertiary/aromatic N) is 1. The third kappa shape index (κ3) is 4.38. The van der Waals surface area contributed by atoms with Crippen molar-refractivity contribution in [2.24, 2.45) is 5.92 Å². The molecule has 0 unspecified atom stereocenters. The summed E-state index contributed by atoms with van der Waals surface area (Å²) in [7, 11) is -3.95. The van der Waals surface area contributed by atoms with E-state index in [-0.39, 0.29) is 13.2 Å². The van der Waals surface area contributed by atoms with Crippen molar-refractivity contribution >= 4 is 27.8 Å². The molecule has 2 aliphatic heterocycles. The van der Waals surface area contributed by atoms with Crippen molar-refractivity contribution in [3.05, 3.63) is 71.8 Å². The van der Waals surface area contributed by atoms with Crippen LogP contribution in [0, 0.1) is 5.92 Å². The second-order valence-electron chi connectivity index (χ2n) is 9.30. The number of alkyl carbamates (subject to hydrolysis) is 1. The number of fused-ring (bicyclic) bond motifs is 1. The highest BCUT2D eigenvalue weighted by Gasteiger charge is 2.73. The molecule has 2 saturated heterocycles. The van der Waals surface area contributed by atoms with Crippen LogP contribution in [-0.2, 0) is 42.1 Å². The molecule has 35 heavy (non-hydrogen) atoms. The first-order valence-electron chi connectivity index (χ1n) is 11.3. The molecule has 2 aromatic rings. The molecule has 0 spiro atoms. The molecule has 2 aliphatic rings. The molecule has 0 saturated carbocycles. The summed E-state index contributed by atoms with van der Waals surface area (Å²) in [6.07, 6.45) is -0.763. The Hall–Kier alpha value is -3.40. The summed E-state index contributed by atoms with van der Waals surface area (Å²) in [5.74, 6) is -2.34. The third-order valence-corrected chi connectivity index (χ3v) is 9.50. The van der Waals surface area contributed by atoms with E-state index in [0.29, 0.717) is 0 Å². The molecule has 0 aliphatic carbocycles. The molecule has 186 valence electrons. The average molecular weight is 501 g/mol. The van der Waals surface area contributed by atoms with E-state index in [1.807, 2.05) is 24.3 Å². The Kier molecular flexibility index (Phi) is 6.59. The van der Waals surface area contributed by atoms with Crippen LogP contribution in [0.4, 0.5) is 4.79 Å². The normalized spacial score (nSPS) is 24.6. The van der Waals surface area contributed by atoms with Crippen molar-refractivity contribution in [3.8, 4) is 0 Å².